The van der Waals surface area contributed by atoms with Crippen molar-refractivity contribution in [3.63, 3.8) is 0 Å². The Morgan fingerprint density at radius 2 is 0.459 bits per heavy atom. The molecule has 0 radical (unpaired) electrons. The highest BCUT2D eigenvalue weighted by molar-refractivity contribution is 5.71. The highest BCUT2D eigenvalue weighted by Gasteiger charge is 2.25. The molecule has 0 spiro atoms. The number of likely N-dealkylation sites (N-methyl/N-ethyl adjacent to an activating group) is 1. The Labute approximate surface area is 613 Å². The zero-order chi connectivity index (χ0) is 71.1. The standard InChI is InChI=1S/C89H175NO8/c1-6-8-10-12-14-16-18-20-22-24-26-28-30-32-34-36-38-40-42-44-46-48-50-52-54-56-58-60-62-64-66-68-70-72-74-76-78-80-87(92)98-85(84-97-89(88(93)94)95-82-81-90(3,4)5)83-96-86(91)79-77-75-73-71-69-67-65-63-61-59-57-55-53-51-49-47-45-43-41-39-37-35-33-31-29-27-25-23-21-19-17-15-13-11-9-7-2/h85,89H,6-84H2,1-5H3/p+1. The molecule has 0 aliphatic heterocycles. The Morgan fingerprint density at radius 3 is 0.653 bits per heavy atom. The molecular formula is C89H176NO8+. The summed E-state index contributed by atoms with van der Waals surface area (Å²) in [5, 5.41) is 9.79. The molecular weight excluding hydrogens is 1210 g/mol. The molecule has 9 heteroatoms. The van der Waals surface area contributed by atoms with Gasteiger partial charge in [-0.2, -0.15) is 0 Å². The summed E-state index contributed by atoms with van der Waals surface area (Å²) in [6.45, 7) is 4.99. The molecule has 2 unspecified atom stereocenters. The smallest absolute Gasteiger partial charge is 0.361 e. The third kappa shape index (κ3) is 81.6. The maximum atomic E-state index is 13.0. The van der Waals surface area contributed by atoms with Crippen molar-refractivity contribution in [2.45, 2.75) is 508 Å². The molecule has 0 aliphatic carbocycles. The normalized spacial score (nSPS) is 12.5. The third-order valence-electron chi connectivity index (χ3n) is 21.1. The van der Waals surface area contributed by atoms with E-state index in [2.05, 4.69) is 13.8 Å². The average Bonchev–Trinajstić information content (AvgIpc) is 1.26. The van der Waals surface area contributed by atoms with Gasteiger partial charge in [0.2, 0.25) is 0 Å². The van der Waals surface area contributed by atoms with Crippen LogP contribution in [0.4, 0.5) is 0 Å². The molecule has 0 rings (SSSR count). The maximum absolute atomic E-state index is 13.0. The zero-order valence-corrected chi connectivity index (χ0v) is 67.3. The first-order valence-corrected chi connectivity index (χ1v) is 44.7. The van der Waals surface area contributed by atoms with Gasteiger partial charge in [0.05, 0.1) is 34.4 Å². The van der Waals surface area contributed by atoms with E-state index in [1.807, 2.05) is 21.1 Å². The van der Waals surface area contributed by atoms with Crippen LogP contribution in [0.3, 0.4) is 0 Å². The highest BCUT2D eigenvalue weighted by Crippen LogP contribution is 2.22. The minimum absolute atomic E-state index is 0.171. The SMILES string of the molecule is CCCCCCCCCCCCCCCCCCCCCCCCCCCCCCCCCCCCCCCC(=O)OC(COC(=O)CCCCCCCCCCCCCCCCCCCCCCCCCCCCCCCCCCCCCC)COC(OCC[N+](C)(C)C)C(=O)O. The number of quaternary nitrogens is 1. The van der Waals surface area contributed by atoms with E-state index in [1.165, 1.54) is 430 Å². The van der Waals surface area contributed by atoms with Crippen molar-refractivity contribution in [2.24, 2.45) is 0 Å². The molecule has 0 aromatic carbocycles. The Kier molecular flexibility index (Phi) is 79.6. The quantitative estimate of drug-likeness (QED) is 0.0278. The molecule has 584 valence electrons. The summed E-state index contributed by atoms with van der Waals surface area (Å²) in [7, 11) is 6.01. The van der Waals surface area contributed by atoms with Crippen LogP contribution in [0, 0.1) is 0 Å². The van der Waals surface area contributed by atoms with Crippen molar-refractivity contribution in [3.8, 4) is 0 Å². The molecule has 0 amide bonds. The van der Waals surface area contributed by atoms with E-state index in [4.69, 9.17) is 18.9 Å². The summed E-state index contributed by atoms with van der Waals surface area (Å²) >= 11 is 0. The lowest BCUT2D eigenvalue weighted by molar-refractivity contribution is -0.870. The van der Waals surface area contributed by atoms with Crippen molar-refractivity contribution in [1.82, 2.24) is 0 Å². The van der Waals surface area contributed by atoms with Gasteiger partial charge in [0.15, 0.2) is 6.10 Å². The van der Waals surface area contributed by atoms with Crippen molar-refractivity contribution < 1.29 is 42.9 Å². The van der Waals surface area contributed by atoms with Gasteiger partial charge in [-0.1, -0.05) is 470 Å². The number of carbonyl (C=O) groups is 3. The van der Waals surface area contributed by atoms with Crippen LogP contribution in [0.15, 0.2) is 0 Å². The van der Waals surface area contributed by atoms with E-state index in [9.17, 15) is 19.5 Å². The molecule has 0 aromatic heterocycles. The number of carbonyl (C=O) groups excluding carboxylic acids is 2. The van der Waals surface area contributed by atoms with E-state index in [-0.39, 0.29) is 38.2 Å². The summed E-state index contributed by atoms with van der Waals surface area (Å²) in [5.74, 6) is -1.96. The summed E-state index contributed by atoms with van der Waals surface area (Å²) in [6.07, 6.45) is 98.9. The molecule has 1 N–H and O–H groups in total. The molecule has 0 saturated carbocycles. The number of rotatable bonds is 86. The van der Waals surface area contributed by atoms with Crippen LogP contribution in [0.5, 0.6) is 0 Å². The Hall–Kier alpha value is -1.71. The van der Waals surface area contributed by atoms with Gasteiger partial charge in [-0.25, -0.2) is 4.79 Å². The van der Waals surface area contributed by atoms with E-state index in [1.54, 1.807) is 0 Å². The first kappa shape index (κ1) is 96.3. The Morgan fingerprint density at radius 1 is 0.265 bits per heavy atom. The minimum Gasteiger partial charge on any atom is -0.477 e. The zero-order valence-electron chi connectivity index (χ0n) is 67.3. The summed E-state index contributed by atoms with van der Waals surface area (Å²) in [5.41, 5.74) is 0. The number of hydrogen-bond acceptors (Lipinski definition) is 7. The van der Waals surface area contributed by atoms with Gasteiger partial charge < -0.3 is 28.5 Å². The number of carboxylic acid groups (broad SMARTS) is 1. The first-order chi connectivity index (χ1) is 48.1. The van der Waals surface area contributed by atoms with Crippen LogP contribution in [-0.2, 0) is 33.3 Å². The monoisotopic (exact) mass is 1390 g/mol. The summed E-state index contributed by atoms with van der Waals surface area (Å²) < 4.78 is 23.1. The van der Waals surface area contributed by atoms with Gasteiger partial charge in [0.25, 0.3) is 6.29 Å². The van der Waals surface area contributed by atoms with Gasteiger partial charge in [0, 0.05) is 12.8 Å². The number of unbranched alkanes of at least 4 members (excludes halogenated alkanes) is 71. The van der Waals surface area contributed by atoms with E-state index < -0.39 is 18.4 Å². The van der Waals surface area contributed by atoms with Gasteiger partial charge >= 0.3 is 17.9 Å². The predicted molar refractivity (Wildman–Crippen MR) is 425 cm³/mol. The van der Waals surface area contributed by atoms with Crippen molar-refractivity contribution in [3.05, 3.63) is 0 Å². The van der Waals surface area contributed by atoms with E-state index >= 15 is 0 Å². The lowest BCUT2D eigenvalue weighted by atomic mass is 10.0. The number of esters is 2. The van der Waals surface area contributed by atoms with Gasteiger partial charge in [-0.05, 0) is 12.8 Å². The van der Waals surface area contributed by atoms with Gasteiger partial charge in [-0.3, -0.25) is 9.59 Å². The molecule has 0 bridgehead atoms. The Balaban J connectivity index is 3.88. The van der Waals surface area contributed by atoms with Gasteiger partial charge in [0.1, 0.15) is 13.2 Å². The first-order valence-electron chi connectivity index (χ1n) is 44.7. The molecule has 0 fully saturated rings. The highest BCUT2D eigenvalue weighted by atomic mass is 16.7. The fourth-order valence-corrected chi connectivity index (χ4v) is 14.3. The molecule has 0 aromatic rings. The molecule has 9 nitrogen and oxygen atoms in total. The fraction of sp³-hybridized carbons (Fsp3) is 0.966. The fourth-order valence-electron chi connectivity index (χ4n) is 14.3. The number of ether oxygens (including phenoxy) is 4. The van der Waals surface area contributed by atoms with Gasteiger partial charge in [-0.15, -0.1) is 0 Å². The van der Waals surface area contributed by atoms with Crippen LogP contribution >= 0.6 is 0 Å². The van der Waals surface area contributed by atoms with Crippen LogP contribution in [0.25, 0.3) is 0 Å². The van der Waals surface area contributed by atoms with Crippen molar-refractivity contribution >= 4 is 17.9 Å². The maximum Gasteiger partial charge on any atom is 0.361 e. The van der Waals surface area contributed by atoms with Crippen LogP contribution in [0.2, 0.25) is 0 Å². The molecule has 0 heterocycles. The molecule has 98 heavy (non-hydrogen) atoms. The predicted octanol–water partition coefficient (Wildman–Crippen LogP) is 28.9. The molecule has 2 atom stereocenters. The summed E-state index contributed by atoms with van der Waals surface area (Å²) in [6, 6.07) is 0. The second-order valence-corrected chi connectivity index (χ2v) is 32.3. The number of aliphatic carboxylic acids is 1. The lowest BCUT2D eigenvalue weighted by Crippen LogP contribution is -2.40. The largest absolute Gasteiger partial charge is 0.477 e. The summed E-state index contributed by atoms with van der Waals surface area (Å²) in [4.78, 5) is 37.8. The third-order valence-corrected chi connectivity index (χ3v) is 21.1. The molecule has 0 aliphatic rings. The minimum atomic E-state index is -1.51. The number of carboxylic acids is 1. The van der Waals surface area contributed by atoms with Crippen molar-refractivity contribution in [1.29, 1.82) is 0 Å². The van der Waals surface area contributed by atoms with E-state index in [0.29, 0.717) is 17.4 Å². The second kappa shape index (κ2) is 81.0. The average molecular weight is 1390 g/mol. The number of hydrogen-bond donors (Lipinski definition) is 1. The van der Waals surface area contributed by atoms with E-state index in [0.717, 1.165) is 38.5 Å². The van der Waals surface area contributed by atoms with Crippen molar-refractivity contribution in [2.75, 3.05) is 47.5 Å². The van der Waals surface area contributed by atoms with Crippen LogP contribution in [-0.4, -0.2) is 87.4 Å². The second-order valence-electron chi connectivity index (χ2n) is 32.3. The Bertz CT molecular complexity index is 1570. The van der Waals surface area contributed by atoms with Crippen LogP contribution < -0.4 is 0 Å². The topological polar surface area (TPSA) is 108 Å². The number of nitrogens with zero attached hydrogens (tertiary/aromatic N) is 1. The van der Waals surface area contributed by atoms with Crippen LogP contribution in [0.1, 0.15) is 495 Å². The molecule has 0 saturated heterocycles. The lowest BCUT2D eigenvalue weighted by Gasteiger charge is -2.25.